The fourth-order valence-corrected chi connectivity index (χ4v) is 9.07. The second-order valence-electron chi connectivity index (χ2n) is 14.9. The molecule has 4 aliphatic rings. The molecule has 4 unspecified atom stereocenters. The Morgan fingerprint density at radius 1 is 1.00 bits per heavy atom. The summed E-state index contributed by atoms with van der Waals surface area (Å²) < 4.78 is 13.7. The highest BCUT2D eigenvalue weighted by molar-refractivity contribution is 5.63. The Morgan fingerprint density at radius 2 is 1.74 bits per heavy atom. The van der Waals surface area contributed by atoms with Crippen LogP contribution in [-0.4, -0.2) is 30.1 Å². The van der Waals surface area contributed by atoms with Gasteiger partial charge in [0.15, 0.2) is 11.5 Å². The number of likely N-dealkylation sites (tertiary alicyclic amines) is 1. The lowest BCUT2D eigenvalue weighted by Crippen LogP contribution is -2.68. The van der Waals surface area contributed by atoms with E-state index in [4.69, 9.17) is 9.47 Å². The summed E-state index contributed by atoms with van der Waals surface area (Å²) in [4.78, 5) is 2.88. The smallest absolute Gasteiger partial charge is 0.169 e. The number of rotatable bonds is 20. The molecule has 1 saturated carbocycles. The highest BCUT2D eigenvalue weighted by Gasteiger charge is 2.68. The van der Waals surface area contributed by atoms with E-state index in [1.807, 2.05) is 0 Å². The van der Waals surface area contributed by atoms with E-state index < -0.39 is 0 Å². The molecule has 2 bridgehead atoms. The van der Waals surface area contributed by atoms with E-state index in [9.17, 15) is 0 Å². The first-order valence-electron chi connectivity index (χ1n) is 18.9. The van der Waals surface area contributed by atoms with Gasteiger partial charge in [0, 0.05) is 30.0 Å². The van der Waals surface area contributed by atoms with Gasteiger partial charge in [-0.2, -0.15) is 0 Å². The minimum Gasteiger partial charge on any atom is -0.481 e. The highest BCUT2D eigenvalue weighted by Crippen LogP contribution is 2.67. The van der Waals surface area contributed by atoms with Crippen LogP contribution in [0.3, 0.4) is 0 Å². The van der Waals surface area contributed by atoms with Crippen molar-refractivity contribution in [3.8, 4) is 11.5 Å². The lowest BCUT2D eigenvalue weighted by Gasteiger charge is -2.63. The predicted molar refractivity (Wildman–Crippen MR) is 196 cm³/mol. The molecule has 4 atom stereocenters. The van der Waals surface area contributed by atoms with Gasteiger partial charge in [0.1, 0.15) is 6.10 Å². The van der Waals surface area contributed by atoms with Gasteiger partial charge in [-0.25, -0.2) is 0 Å². The second kappa shape index (κ2) is 16.1. The Bertz CT molecular complexity index is 1280. The molecule has 0 N–H and O–H groups in total. The zero-order valence-electron chi connectivity index (χ0n) is 29.8. The molecule has 0 aromatic heterocycles. The van der Waals surface area contributed by atoms with Crippen molar-refractivity contribution < 1.29 is 9.47 Å². The van der Waals surface area contributed by atoms with E-state index >= 15 is 0 Å². The quantitative estimate of drug-likeness (QED) is 0.0817. The summed E-state index contributed by atoms with van der Waals surface area (Å²) >= 11 is 0. The molecule has 252 valence electrons. The number of hydrogen-bond donors (Lipinski definition) is 0. The number of allylic oxidation sites excluding steroid dienone is 7. The van der Waals surface area contributed by atoms with Crippen molar-refractivity contribution in [1.29, 1.82) is 0 Å². The number of unbranched alkanes of at least 4 members (excludes halogenated alkanes) is 5. The maximum Gasteiger partial charge on any atom is 0.169 e. The summed E-state index contributed by atoms with van der Waals surface area (Å²) in [7, 11) is 0. The first kappa shape index (κ1) is 34.8. The molecule has 46 heavy (non-hydrogen) atoms. The van der Waals surface area contributed by atoms with Crippen LogP contribution in [0.1, 0.15) is 135 Å². The molecule has 1 saturated heterocycles. The van der Waals surface area contributed by atoms with Gasteiger partial charge in [-0.15, -0.1) is 0 Å². The minimum absolute atomic E-state index is 0.0150. The Morgan fingerprint density at radius 3 is 2.48 bits per heavy atom. The molecule has 2 aliphatic heterocycles. The van der Waals surface area contributed by atoms with Crippen LogP contribution in [0.5, 0.6) is 11.5 Å². The molecule has 0 radical (unpaired) electrons. The zero-order chi connectivity index (χ0) is 32.6. The molecule has 0 amide bonds. The van der Waals surface area contributed by atoms with Gasteiger partial charge < -0.3 is 9.47 Å². The van der Waals surface area contributed by atoms with Gasteiger partial charge in [0.2, 0.25) is 0 Å². The SMILES string of the molecule is C=C(CCCCCCC/C=C\C/C=C\C/C=C/C)Oc1ccc2c3c1OC(C(=C)CC)C31CCN(CC3CC3)C(C2)C1(C)CCC. The van der Waals surface area contributed by atoms with Crippen LogP contribution in [0.25, 0.3) is 0 Å². The molecule has 1 spiro atoms. The van der Waals surface area contributed by atoms with E-state index in [0.717, 1.165) is 68.1 Å². The monoisotopic (exact) mass is 625 g/mol. The number of piperidine rings is 1. The van der Waals surface area contributed by atoms with Crippen molar-refractivity contribution in [2.45, 2.75) is 148 Å². The first-order valence-corrected chi connectivity index (χ1v) is 18.9. The molecular weight excluding hydrogens is 562 g/mol. The molecule has 2 fully saturated rings. The molecule has 1 aromatic rings. The number of nitrogens with zero attached hydrogens (tertiary/aromatic N) is 1. The number of hydrogen-bond acceptors (Lipinski definition) is 3. The first-order chi connectivity index (χ1) is 22.4. The van der Waals surface area contributed by atoms with Gasteiger partial charge in [-0.1, -0.05) is 102 Å². The normalized spacial score (nSPS) is 27.0. The van der Waals surface area contributed by atoms with Crippen molar-refractivity contribution in [2.24, 2.45) is 11.3 Å². The summed E-state index contributed by atoms with van der Waals surface area (Å²) in [5.74, 6) is 3.64. The standard InChI is InChI=1S/C43H63NO2/c1-7-10-11-12-13-14-15-16-17-18-19-20-21-22-23-34(5)45-37-27-26-36-31-38-42(6,28-8-2)43(29-30-44(38)32-35-24-25-35)39(36)40(37)46-41(43)33(4)9-3/h7,10,12-13,15-16,26-27,35,38,41H,4-5,8-9,11,14,17-25,28-32H2,1-3,6H3/b10-7+,13-12-,16-15-. The molecule has 2 aliphatic carbocycles. The van der Waals surface area contributed by atoms with E-state index in [1.165, 1.54) is 87.6 Å². The third kappa shape index (κ3) is 7.30. The molecule has 3 nitrogen and oxygen atoms in total. The lowest BCUT2D eigenvalue weighted by atomic mass is 9.46. The van der Waals surface area contributed by atoms with Crippen LogP contribution in [-0.2, 0) is 11.8 Å². The van der Waals surface area contributed by atoms with Crippen LogP contribution < -0.4 is 9.47 Å². The largest absolute Gasteiger partial charge is 0.481 e. The lowest BCUT2D eigenvalue weighted by molar-refractivity contribution is -0.0871. The van der Waals surface area contributed by atoms with Crippen molar-refractivity contribution in [1.82, 2.24) is 4.90 Å². The Labute approximate surface area is 281 Å². The third-order valence-electron chi connectivity index (χ3n) is 11.7. The molecule has 1 aromatic carbocycles. The summed E-state index contributed by atoms with van der Waals surface area (Å²) in [6, 6.07) is 5.10. The van der Waals surface area contributed by atoms with E-state index in [-0.39, 0.29) is 16.9 Å². The van der Waals surface area contributed by atoms with Crippen LogP contribution in [0, 0.1) is 11.3 Å². The highest BCUT2D eigenvalue weighted by atomic mass is 16.5. The van der Waals surface area contributed by atoms with Gasteiger partial charge in [0.25, 0.3) is 0 Å². The summed E-state index contributed by atoms with van der Waals surface area (Å²) in [6.45, 7) is 20.7. The van der Waals surface area contributed by atoms with E-state index in [2.05, 4.69) is 94.3 Å². The molecular formula is C43H63NO2. The topological polar surface area (TPSA) is 21.7 Å². The van der Waals surface area contributed by atoms with Gasteiger partial charge in [-0.05, 0) is 113 Å². The summed E-state index contributed by atoms with van der Waals surface area (Å²) in [6.07, 6.45) is 32.2. The van der Waals surface area contributed by atoms with E-state index in [1.54, 1.807) is 0 Å². The molecule has 3 heteroatoms. The van der Waals surface area contributed by atoms with Crippen LogP contribution in [0.2, 0.25) is 0 Å². The second-order valence-corrected chi connectivity index (χ2v) is 14.9. The fraction of sp³-hybridized carbons (Fsp3) is 0.628. The Kier molecular flexibility index (Phi) is 12.1. The third-order valence-corrected chi connectivity index (χ3v) is 11.7. The van der Waals surface area contributed by atoms with Gasteiger partial charge >= 0.3 is 0 Å². The minimum atomic E-state index is -0.0391. The van der Waals surface area contributed by atoms with Crippen LogP contribution in [0.4, 0.5) is 0 Å². The predicted octanol–water partition coefficient (Wildman–Crippen LogP) is 11.6. The van der Waals surface area contributed by atoms with Gasteiger partial charge in [0.05, 0.1) is 5.76 Å². The number of fused-ring (bicyclic) bond motifs is 1. The van der Waals surface area contributed by atoms with Crippen molar-refractivity contribution in [3.63, 3.8) is 0 Å². The van der Waals surface area contributed by atoms with Crippen LogP contribution in [0.15, 0.2) is 73.1 Å². The zero-order valence-corrected chi connectivity index (χ0v) is 29.8. The average molecular weight is 626 g/mol. The maximum absolute atomic E-state index is 7.09. The number of ether oxygens (including phenoxy) is 2. The molecule has 5 rings (SSSR count). The Balaban J connectivity index is 1.19. The van der Waals surface area contributed by atoms with E-state index in [0.29, 0.717) is 6.04 Å². The van der Waals surface area contributed by atoms with Crippen molar-refractivity contribution >= 4 is 0 Å². The Hall–Kier alpha value is -2.52. The van der Waals surface area contributed by atoms with Crippen LogP contribution >= 0.6 is 0 Å². The van der Waals surface area contributed by atoms with Crippen molar-refractivity contribution in [3.05, 3.63) is 84.2 Å². The number of benzene rings is 1. The summed E-state index contributed by atoms with van der Waals surface area (Å²) in [5.41, 5.74) is 4.27. The van der Waals surface area contributed by atoms with Crippen molar-refractivity contribution in [2.75, 3.05) is 13.1 Å². The maximum atomic E-state index is 7.09. The molecule has 2 heterocycles. The fourth-order valence-electron chi connectivity index (χ4n) is 9.07. The summed E-state index contributed by atoms with van der Waals surface area (Å²) in [5, 5.41) is 0. The van der Waals surface area contributed by atoms with Gasteiger partial charge in [-0.3, -0.25) is 4.90 Å². The average Bonchev–Trinajstić information content (AvgIpc) is 3.79.